The van der Waals surface area contributed by atoms with E-state index in [4.69, 9.17) is 9.84 Å². The van der Waals surface area contributed by atoms with Crippen molar-refractivity contribution >= 4 is 5.97 Å². The molecule has 0 radical (unpaired) electrons. The van der Waals surface area contributed by atoms with Gasteiger partial charge in [-0.2, -0.15) is 0 Å². The third-order valence-electron chi connectivity index (χ3n) is 3.44. The predicted octanol–water partition coefficient (Wildman–Crippen LogP) is 1.75. The number of esters is 1. The van der Waals surface area contributed by atoms with Crippen molar-refractivity contribution in [1.82, 2.24) is 0 Å². The first-order valence-corrected chi connectivity index (χ1v) is 7.20. The first-order chi connectivity index (χ1) is 9.30. The van der Waals surface area contributed by atoms with Crippen LogP contribution < -0.4 is 0 Å². The van der Waals surface area contributed by atoms with E-state index in [1.807, 2.05) is 6.92 Å². The van der Waals surface area contributed by atoms with E-state index in [9.17, 15) is 15.0 Å². The minimum Gasteiger partial charge on any atom is -0.427 e. The Morgan fingerprint density at radius 1 is 1.40 bits per heavy atom. The average molecular weight is 288 g/mol. The number of unbranched alkanes of at least 4 members (excludes halogenated alkanes) is 1. The molecule has 0 fully saturated rings. The lowest BCUT2D eigenvalue weighted by Gasteiger charge is -2.34. The van der Waals surface area contributed by atoms with E-state index in [2.05, 4.69) is 13.5 Å². The Labute approximate surface area is 121 Å². The summed E-state index contributed by atoms with van der Waals surface area (Å²) < 4.78 is 4.97. The molecule has 0 aliphatic heterocycles. The summed E-state index contributed by atoms with van der Waals surface area (Å²) in [4.78, 5) is 11.6. The van der Waals surface area contributed by atoms with Crippen LogP contribution in [-0.2, 0) is 9.53 Å². The van der Waals surface area contributed by atoms with E-state index in [0.717, 1.165) is 25.7 Å². The molecule has 3 unspecified atom stereocenters. The SMILES string of the molecule is C=C(C)C(=O)OC(O)(CC(CC)CCCC)C(O)CO. The first-order valence-electron chi connectivity index (χ1n) is 7.20. The maximum Gasteiger partial charge on any atom is 0.335 e. The van der Waals surface area contributed by atoms with Crippen LogP contribution in [0.2, 0.25) is 0 Å². The smallest absolute Gasteiger partial charge is 0.335 e. The van der Waals surface area contributed by atoms with E-state index in [0.29, 0.717) is 0 Å². The lowest BCUT2D eigenvalue weighted by molar-refractivity contribution is -0.257. The Morgan fingerprint density at radius 3 is 2.40 bits per heavy atom. The van der Waals surface area contributed by atoms with Gasteiger partial charge in [-0.3, -0.25) is 0 Å². The van der Waals surface area contributed by atoms with Crippen LogP contribution in [0.25, 0.3) is 0 Å². The van der Waals surface area contributed by atoms with Gasteiger partial charge in [0.2, 0.25) is 5.79 Å². The fourth-order valence-corrected chi connectivity index (χ4v) is 1.99. The minimum atomic E-state index is -2.07. The monoisotopic (exact) mass is 288 g/mol. The van der Waals surface area contributed by atoms with Crippen LogP contribution in [0, 0.1) is 5.92 Å². The Hall–Kier alpha value is -0.910. The molecule has 3 atom stereocenters. The fraction of sp³-hybridized carbons (Fsp3) is 0.800. The van der Waals surface area contributed by atoms with Crippen molar-refractivity contribution in [2.24, 2.45) is 5.92 Å². The molecule has 0 aromatic carbocycles. The zero-order valence-corrected chi connectivity index (χ0v) is 12.8. The summed E-state index contributed by atoms with van der Waals surface area (Å²) in [7, 11) is 0. The number of aliphatic hydroxyl groups excluding tert-OH is 2. The van der Waals surface area contributed by atoms with E-state index in [-0.39, 0.29) is 17.9 Å². The molecule has 0 aliphatic carbocycles. The number of carbonyl (C=O) groups excluding carboxylic acids is 1. The van der Waals surface area contributed by atoms with Crippen molar-refractivity contribution in [3.05, 3.63) is 12.2 Å². The highest BCUT2D eigenvalue weighted by molar-refractivity contribution is 5.87. The third kappa shape index (κ3) is 6.03. The Kier molecular flexibility index (Phi) is 8.69. The van der Waals surface area contributed by atoms with Gasteiger partial charge in [0, 0.05) is 12.0 Å². The molecular formula is C15H28O5. The Morgan fingerprint density at radius 2 is 2.00 bits per heavy atom. The van der Waals surface area contributed by atoms with Crippen LogP contribution in [-0.4, -0.2) is 39.8 Å². The molecule has 5 nitrogen and oxygen atoms in total. The van der Waals surface area contributed by atoms with E-state index in [1.165, 1.54) is 6.92 Å². The quantitative estimate of drug-likeness (QED) is 0.324. The molecule has 0 heterocycles. The van der Waals surface area contributed by atoms with Crippen molar-refractivity contribution in [2.75, 3.05) is 6.61 Å². The van der Waals surface area contributed by atoms with Gasteiger partial charge in [-0.05, 0) is 12.8 Å². The minimum absolute atomic E-state index is 0.101. The Balaban J connectivity index is 4.92. The molecule has 0 spiro atoms. The number of ether oxygens (including phenoxy) is 1. The van der Waals surface area contributed by atoms with Gasteiger partial charge < -0.3 is 20.1 Å². The first kappa shape index (κ1) is 19.1. The molecule has 118 valence electrons. The number of aliphatic hydroxyl groups is 3. The Bertz CT molecular complexity index is 315. The molecule has 0 saturated heterocycles. The van der Waals surface area contributed by atoms with Gasteiger partial charge in [-0.15, -0.1) is 0 Å². The van der Waals surface area contributed by atoms with E-state index >= 15 is 0 Å². The zero-order valence-electron chi connectivity index (χ0n) is 12.8. The second kappa shape index (κ2) is 9.10. The molecule has 5 heteroatoms. The van der Waals surface area contributed by atoms with Gasteiger partial charge in [0.15, 0.2) is 0 Å². The van der Waals surface area contributed by atoms with Crippen molar-refractivity contribution in [2.45, 2.75) is 64.8 Å². The lowest BCUT2D eigenvalue weighted by Crippen LogP contribution is -2.49. The topological polar surface area (TPSA) is 87.0 Å². The van der Waals surface area contributed by atoms with Crippen LogP contribution in [0.4, 0.5) is 0 Å². The second-order valence-corrected chi connectivity index (χ2v) is 5.33. The third-order valence-corrected chi connectivity index (χ3v) is 3.44. The molecular weight excluding hydrogens is 260 g/mol. The molecule has 20 heavy (non-hydrogen) atoms. The van der Waals surface area contributed by atoms with Crippen LogP contribution >= 0.6 is 0 Å². The van der Waals surface area contributed by atoms with Gasteiger partial charge in [0.25, 0.3) is 0 Å². The van der Waals surface area contributed by atoms with Crippen molar-refractivity contribution in [3.8, 4) is 0 Å². The predicted molar refractivity (Wildman–Crippen MR) is 76.9 cm³/mol. The molecule has 0 bridgehead atoms. The maximum atomic E-state index is 11.6. The van der Waals surface area contributed by atoms with Gasteiger partial charge in [-0.25, -0.2) is 4.79 Å². The summed E-state index contributed by atoms with van der Waals surface area (Å²) in [5, 5.41) is 29.2. The molecule has 3 N–H and O–H groups in total. The molecule has 0 aromatic heterocycles. The molecule has 0 aromatic rings. The second-order valence-electron chi connectivity index (χ2n) is 5.33. The molecule has 0 aliphatic rings. The highest BCUT2D eigenvalue weighted by Gasteiger charge is 2.41. The number of rotatable bonds is 10. The molecule has 0 rings (SSSR count). The fourth-order valence-electron chi connectivity index (χ4n) is 1.99. The summed E-state index contributed by atoms with van der Waals surface area (Å²) in [5.74, 6) is -2.73. The van der Waals surface area contributed by atoms with Crippen molar-refractivity contribution in [1.29, 1.82) is 0 Å². The highest BCUT2D eigenvalue weighted by atomic mass is 16.7. The van der Waals surface area contributed by atoms with Gasteiger partial charge >= 0.3 is 5.97 Å². The van der Waals surface area contributed by atoms with Crippen LogP contribution in [0.5, 0.6) is 0 Å². The number of hydrogen-bond donors (Lipinski definition) is 3. The van der Waals surface area contributed by atoms with Crippen molar-refractivity contribution in [3.63, 3.8) is 0 Å². The highest BCUT2D eigenvalue weighted by Crippen LogP contribution is 2.28. The largest absolute Gasteiger partial charge is 0.427 e. The summed E-state index contributed by atoms with van der Waals surface area (Å²) in [5.41, 5.74) is 0.134. The van der Waals surface area contributed by atoms with Gasteiger partial charge in [0.1, 0.15) is 6.10 Å². The lowest BCUT2D eigenvalue weighted by atomic mass is 9.89. The molecule has 0 saturated carbocycles. The maximum absolute atomic E-state index is 11.6. The van der Waals surface area contributed by atoms with E-state index in [1.54, 1.807) is 0 Å². The number of hydrogen-bond acceptors (Lipinski definition) is 5. The van der Waals surface area contributed by atoms with Crippen LogP contribution in [0.1, 0.15) is 52.9 Å². The average Bonchev–Trinajstić information content (AvgIpc) is 2.42. The summed E-state index contributed by atoms with van der Waals surface area (Å²) in [6, 6.07) is 0. The summed E-state index contributed by atoms with van der Waals surface area (Å²) in [6.45, 7) is 8.28. The molecule has 0 amide bonds. The summed E-state index contributed by atoms with van der Waals surface area (Å²) in [6.07, 6.45) is 2.27. The zero-order chi connectivity index (χ0) is 15.8. The van der Waals surface area contributed by atoms with Gasteiger partial charge in [0.05, 0.1) is 6.61 Å². The van der Waals surface area contributed by atoms with Crippen LogP contribution in [0.15, 0.2) is 12.2 Å². The standard InChI is InChI=1S/C15H28O5/c1-5-7-8-12(6-2)9-15(19,13(17)10-16)20-14(18)11(3)4/h12-13,16-17,19H,3,5-10H2,1-2,4H3. The normalized spacial score (nSPS) is 17.1. The summed E-state index contributed by atoms with van der Waals surface area (Å²) >= 11 is 0. The van der Waals surface area contributed by atoms with Crippen molar-refractivity contribution < 1.29 is 24.9 Å². The van der Waals surface area contributed by atoms with E-state index < -0.39 is 24.5 Å². The van der Waals surface area contributed by atoms with Gasteiger partial charge in [-0.1, -0.05) is 46.1 Å². The number of carbonyl (C=O) groups is 1. The van der Waals surface area contributed by atoms with Crippen LogP contribution in [0.3, 0.4) is 0 Å².